The van der Waals surface area contributed by atoms with Gasteiger partial charge in [0.05, 0.1) is 5.75 Å². The minimum absolute atomic E-state index is 0.105. The normalized spacial score (nSPS) is 18.3. The lowest BCUT2D eigenvalue weighted by molar-refractivity contribution is -0.138. The smallest absolute Gasteiger partial charge is 0.321 e. The van der Waals surface area contributed by atoms with Crippen molar-refractivity contribution in [3.63, 3.8) is 0 Å². The standard InChI is InChI=1S/C9H17NO4S2/c1-16(13,14)5-4-15-6-8(9(11)12)10-7-2-3-7/h7-8,10H,2-6H2,1H3,(H,11,12). The summed E-state index contributed by atoms with van der Waals surface area (Å²) < 4.78 is 21.7. The highest BCUT2D eigenvalue weighted by molar-refractivity contribution is 8.00. The van der Waals surface area contributed by atoms with E-state index in [1.165, 1.54) is 18.0 Å². The molecule has 1 unspecified atom stereocenters. The predicted octanol–water partition coefficient (Wildman–Crippen LogP) is -0.0306. The van der Waals surface area contributed by atoms with E-state index in [2.05, 4.69) is 5.32 Å². The first-order valence-corrected chi connectivity index (χ1v) is 8.34. The van der Waals surface area contributed by atoms with E-state index in [9.17, 15) is 13.2 Å². The van der Waals surface area contributed by atoms with Gasteiger partial charge in [0.1, 0.15) is 15.9 Å². The van der Waals surface area contributed by atoms with E-state index in [1.54, 1.807) is 0 Å². The predicted molar refractivity (Wildman–Crippen MR) is 64.6 cm³/mol. The molecule has 1 rings (SSSR count). The number of carbonyl (C=O) groups is 1. The van der Waals surface area contributed by atoms with Crippen LogP contribution in [0.2, 0.25) is 0 Å². The summed E-state index contributed by atoms with van der Waals surface area (Å²) in [6, 6.07) is -0.214. The van der Waals surface area contributed by atoms with Crippen LogP contribution in [-0.4, -0.2) is 55.1 Å². The minimum Gasteiger partial charge on any atom is -0.480 e. The molecule has 0 spiro atoms. The number of sulfone groups is 1. The highest BCUT2D eigenvalue weighted by Gasteiger charge is 2.27. The number of thioether (sulfide) groups is 1. The summed E-state index contributed by atoms with van der Waals surface area (Å²) in [6.45, 7) is 0. The van der Waals surface area contributed by atoms with Crippen molar-refractivity contribution in [2.45, 2.75) is 24.9 Å². The fraction of sp³-hybridized carbons (Fsp3) is 0.889. The summed E-state index contributed by atoms with van der Waals surface area (Å²) in [7, 11) is -2.94. The first-order chi connectivity index (χ1) is 7.38. The number of carboxylic acid groups (broad SMARTS) is 1. The van der Waals surface area contributed by atoms with E-state index >= 15 is 0 Å². The molecule has 16 heavy (non-hydrogen) atoms. The Kier molecular flexibility index (Phi) is 5.07. The Morgan fingerprint density at radius 2 is 2.19 bits per heavy atom. The lowest BCUT2D eigenvalue weighted by Crippen LogP contribution is -2.40. The molecule has 1 aliphatic carbocycles. The first kappa shape index (κ1) is 13.8. The zero-order valence-electron chi connectivity index (χ0n) is 9.18. The molecular weight excluding hydrogens is 250 g/mol. The molecule has 0 aromatic heterocycles. The van der Waals surface area contributed by atoms with Gasteiger partial charge in [-0.25, -0.2) is 8.42 Å². The van der Waals surface area contributed by atoms with Gasteiger partial charge < -0.3 is 10.4 Å². The Balaban J connectivity index is 2.19. The summed E-state index contributed by atoms with van der Waals surface area (Å²) >= 11 is 1.36. The third-order valence-corrected chi connectivity index (χ3v) is 4.46. The van der Waals surface area contributed by atoms with Crippen LogP contribution in [-0.2, 0) is 14.6 Å². The molecule has 1 atom stereocenters. The molecule has 0 amide bonds. The van der Waals surface area contributed by atoms with Gasteiger partial charge in [0.2, 0.25) is 0 Å². The molecule has 0 aliphatic heterocycles. The van der Waals surface area contributed by atoms with E-state index in [0.29, 0.717) is 17.5 Å². The highest BCUT2D eigenvalue weighted by atomic mass is 32.2. The molecule has 94 valence electrons. The van der Waals surface area contributed by atoms with Crippen molar-refractivity contribution in [3.8, 4) is 0 Å². The highest BCUT2D eigenvalue weighted by Crippen LogP contribution is 2.20. The summed E-state index contributed by atoms with van der Waals surface area (Å²) in [5.74, 6) is 0.114. The van der Waals surface area contributed by atoms with Crippen LogP contribution in [0.25, 0.3) is 0 Å². The zero-order valence-corrected chi connectivity index (χ0v) is 10.8. The maximum absolute atomic E-state index is 10.9. The first-order valence-electron chi connectivity index (χ1n) is 5.13. The molecule has 0 saturated heterocycles. The Morgan fingerprint density at radius 3 is 2.62 bits per heavy atom. The topological polar surface area (TPSA) is 83.5 Å². The second-order valence-electron chi connectivity index (χ2n) is 4.04. The Hall–Kier alpha value is -0.270. The third kappa shape index (κ3) is 6.34. The number of carboxylic acids is 1. The van der Waals surface area contributed by atoms with E-state index in [-0.39, 0.29) is 5.75 Å². The van der Waals surface area contributed by atoms with E-state index < -0.39 is 21.8 Å². The molecule has 5 nitrogen and oxygen atoms in total. The lowest BCUT2D eigenvalue weighted by atomic mass is 10.3. The van der Waals surface area contributed by atoms with Crippen molar-refractivity contribution in [2.24, 2.45) is 0 Å². The van der Waals surface area contributed by atoms with Gasteiger partial charge in [0.15, 0.2) is 0 Å². The average Bonchev–Trinajstić information content (AvgIpc) is 2.91. The SMILES string of the molecule is CS(=O)(=O)CCSCC(NC1CC1)C(=O)O. The Labute approximate surface area is 99.9 Å². The van der Waals surface area contributed by atoms with Gasteiger partial charge in [-0.3, -0.25) is 4.79 Å². The number of rotatable bonds is 8. The second kappa shape index (κ2) is 5.88. The van der Waals surface area contributed by atoms with Crippen LogP contribution in [0.1, 0.15) is 12.8 Å². The van der Waals surface area contributed by atoms with Crippen LogP contribution < -0.4 is 5.32 Å². The monoisotopic (exact) mass is 267 g/mol. The third-order valence-electron chi connectivity index (χ3n) is 2.20. The average molecular weight is 267 g/mol. The van der Waals surface area contributed by atoms with Gasteiger partial charge in [-0.1, -0.05) is 0 Å². The minimum atomic E-state index is -2.94. The van der Waals surface area contributed by atoms with Gasteiger partial charge in [-0.15, -0.1) is 0 Å². The largest absolute Gasteiger partial charge is 0.480 e. The number of aliphatic carboxylic acids is 1. The van der Waals surface area contributed by atoms with E-state index in [4.69, 9.17) is 5.11 Å². The summed E-state index contributed by atoms with van der Waals surface area (Å²) in [5, 5.41) is 11.9. The molecule has 0 aromatic carbocycles. The van der Waals surface area contributed by atoms with Crippen LogP contribution >= 0.6 is 11.8 Å². The van der Waals surface area contributed by atoms with Crippen LogP contribution in [0.5, 0.6) is 0 Å². The van der Waals surface area contributed by atoms with Gasteiger partial charge in [0, 0.05) is 23.8 Å². The number of nitrogens with one attached hydrogen (secondary N) is 1. The van der Waals surface area contributed by atoms with Crippen LogP contribution in [0.15, 0.2) is 0 Å². The molecule has 0 radical (unpaired) electrons. The van der Waals surface area contributed by atoms with Gasteiger partial charge in [-0.2, -0.15) is 11.8 Å². The van der Waals surface area contributed by atoms with Crippen molar-refractivity contribution in [2.75, 3.05) is 23.5 Å². The van der Waals surface area contributed by atoms with Crippen LogP contribution in [0.4, 0.5) is 0 Å². The van der Waals surface area contributed by atoms with Gasteiger partial charge in [0.25, 0.3) is 0 Å². The second-order valence-corrected chi connectivity index (χ2v) is 7.45. The van der Waals surface area contributed by atoms with E-state index in [0.717, 1.165) is 12.8 Å². The fourth-order valence-electron chi connectivity index (χ4n) is 1.14. The molecule has 1 aliphatic rings. The van der Waals surface area contributed by atoms with E-state index in [1.807, 2.05) is 0 Å². The lowest BCUT2D eigenvalue weighted by Gasteiger charge is -2.13. The Bertz CT molecular complexity index is 337. The zero-order chi connectivity index (χ0) is 12.2. The van der Waals surface area contributed by atoms with Crippen molar-refractivity contribution in [1.29, 1.82) is 0 Å². The van der Waals surface area contributed by atoms with Crippen molar-refractivity contribution < 1.29 is 18.3 Å². The van der Waals surface area contributed by atoms with Crippen molar-refractivity contribution >= 4 is 27.6 Å². The van der Waals surface area contributed by atoms with Gasteiger partial charge >= 0.3 is 5.97 Å². The molecule has 0 heterocycles. The van der Waals surface area contributed by atoms with Gasteiger partial charge in [-0.05, 0) is 12.8 Å². The molecule has 1 saturated carbocycles. The van der Waals surface area contributed by atoms with Crippen molar-refractivity contribution in [3.05, 3.63) is 0 Å². The maximum Gasteiger partial charge on any atom is 0.321 e. The molecular formula is C9H17NO4S2. The number of hydrogen-bond donors (Lipinski definition) is 2. The maximum atomic E-state index is 10.9. The molecule has 2 N–H and O–H groups in total. The molecule has 0 bridgehead atoms. The fourth-order valence-corrected chi connectivity index (χ4v) is 3.46. The number of hydrogen-bond acceptors (Lipinski definition) is 5. The van der Waals surface area contributed by atoms with Crippen LogP contribution in [0.3, 0.4) is 0 Å². The molecule has 1 fully saturated rings. The van der Waals surface area contributed by atoms with Crippen molar-refractivity contribution in [1.82, 2.24) is 5.32 Å². The molecule has 0 aromatic rings. The molecule has 7 heteroatoms. The quantitative estimate of drug-likeness (QED) is 0.601. The summed E-state index contributed by atoms with van der Waals surface area (Å²) in [6.07, 6.45) is 3.26. The Morgan fingerprint density at radius 1 is 1.56 bits per heavy atom. The van der Waals surface area contributed by atoms with Crippen LogP contribution in [0, 0.1) is 0 Å². The summed E-state index contributed by atoms with van der Waals surface area (Å²) in [5.41, 5.74) is 0. The summed E-state index contributed by atoms with van der Waals surface area (Å²) in [4.78, 5) is 10.9.